The zero-order chi connectivity index (χ0) is 12.0. The summed E-state index contributed by atoms with van der Waals surface area (Å²) in [6.07, 6.45) is 0.302. The number of hydrogen-bond acceptors (Lipinski definition) is 6. The Bertz CT molecular complexity index is 275. The molecule has 0 aromatic rings. The van der Waals surface area contributed by atoms with Gasteiger partial charge in [0.15, 0.2) is 5.60 Å². The molecule has 0 N–H and O–H groups in total. The second-order valence-electron chi connectivity index (χ2n) is 3.32. The quantitative estimate of drug-likeness (QED) is 0.540. The van der Waals surface area contributed by atoms with Gasteiger partial charge in [0.05, 0.1) is 0 Å². The van der Waals surface area contributed by atoms with Crippen LogP contribution in [0, 0.1) is 0 Å². The van der Waals surface area contributed by atoms with E-state index in [1.54, 1.807) is 6.92 Å². The molecule has 90 valence electrons. The molecule has 6 heteroatoms. The maximum absolute atomic E-state index is 11.2. The van der Waals surface area contributed by atoms with Crippen LogP contribution >= 0.6 is 0 Å². The van der Waals surface area contributed by atoms with Crippen LogP contribution < -0.4 is 0 Å². The first-order valence-corrected chi connectivity index (χ1v) is 4.88. The first-order valence-electron chi connectivity index (χ1n) is 4.88. The van der Waals surface area contributed by atoms with Crippen molar-refractivity contribution >= 4 is 12.3 Å². The Morgan fingerprint density at radius 1 is 1.56 bits per heavy atom. The summed E-state index contributed by atoms with van der Waals surface area (Å²) in [6, 6.07) is 0. The highest BCUT2D eigenvalue weighted by molar-refractivity contribution is 5.63. The third-order valence-corrected chi connectivity index (χ3v) is 2.17. The topological polar surface area (TPSA) is 71.1 Å². The molecule has 1 aliphatic heterocycles. The van der Waals surface area contributed by atoms with Gasteiger partial charge < -0.3 is 18.9 Å². The van der Waals surface area contributed by atoms with Crippen LogP contribution in [0.5, 0.6) is 0 Å². The number of carbonyl (C=O) groups excluding carboxylic acids is 2. The zero-order valence-electron chi connectivity index (χ0n) is 9.06. The third kappa shape index (κ3) is 3.15. The molecule has 0 aromatic carbocycles. The van der Waals surface area contributed by atoms with Crippen molar-refractivity contribution in [2.75, 3.05) is 19.8 Å². The molecule has 1 saturated heterocycles. The normalized spacial score (nSPS) is 17.9. The van der Waals surface area contributed by atoms with Crippen LogP contribution in [0.2, 0.25) is 0 Å². The average molecular weight is 230 g/mol. The highest BCUT2D eigenvalue weighted by Crippen LogP contribution is 2.22. The van der Waals surface area contributed by atoms with Crippen molar-refractivity contribution in [3.8, 4) is 0 Å². The van der Waals surface area contributed by atoms with E-state index in [-0.39, 0.29) is 19.8 Å². The first-order chi connectivity index (χ1) is 7.62. The minimum atomic E-state index is -0.952. The van der Waals surface area contributed by atoms with Crippen LogP contribution in [0.25, 0.3) is 0 Å². The van der Waals surface area contributed by atoms with Crippen molar-refractivity contribution in [1.82, 2.24) is 0 Å². The lowest BCUT2D eigenvalue weighted by Gasteiger charge is -2.33. The number of ether oxygens (including phenoxy) is 4. The van der Waals surface area contributed by atoms with Gasteiger partial charge in [0.2, 0.25) is 0 Å². The van der Waals surface area contributed by atoms with Gasteiger partial charge in [-0.3, -0.25) is 0 Å². The number of carbonyl (C=O) groups is 2. The van der Waals surface area contributed by atoms with E-state index in [9.17, 15) is 9.59 Å². The third-order valence-electron chi connectivity index (χ3n) is 2.17. The van der Waals surface area contributed by atoms with Crippen molar-refractivity contribution in [3.05, 3.63) is 12.7 Å². The fourth-order valence-corrected chi connectivity index (χ4v) is 1.13. The lowest BCUT2D eigenvalue weighted by molar-refractivity contribution is -0.135. The highest BCUT2D eigenvalue weighted by atomic mass is 16.8. The molecule has 0 bridgehead atoms. The molecule has 0 aliphatic carbocycles. The van der Waals surface area contributed by atoms with Gasteiger partial charge in [-0.25, -0.2) is 9.59 Å². The molecule has 0 unspecified atom stereocenters. The van der Waals surface area contributed by atoms with E-state index in [1.807, 2.05) is 0 Å². The molecule has 0 amide bonds. The summed E-state index contributed by atoms with van der Waals surface area (Å²) in [5.74, 6) is 0. The summed E-state index contributed by atoms with van der Waals surface area (Å²) in [5, 5.41) is 0. The highest BCUT2D eigenvalue weighted by Gasteiger charge is 2.40. The second kappa shape index (κ2) is 5.39. The van der Waals surface area contributed by atoms with E-state index >= 15 is 0 Å². The van der Waals surface area contributed by atoms with Crippen LogP contribution in [0.1, 0.15) is 13.3 Å². The molecular weight excluding hydrogens is 216 g/mol. The Morgan fingerprint density at radius 3 is 2.69 bits per heavy atom. The van der Waals surface area contributed by atoms with Gasteiger partial charge in [0, 0.05) is 0 Å². The molecular formula is C10H14O6. The number of hydrogen-bond donors (Lipinski definition) is 0. The lowest BCUT2D eigenvalue weighted by Crippen LogP contribution is -2.48. The van der Waals surface area contributed by atoms with Gasteiger partial charge in [-0.1, -0.05) is 19.6 Å². The van der Waals surface area contributed by atoms with E-state index < -0.39 is 17.9 Å². The minimum Gasteiger partial charge on any atom is -0.430 e. The molecule has 6 nitrogen and oxygen atoms in total. The molecule has 1 rings (SSSR count). The Balaban J connectivity index is 2.50. The predicted molar refractivity (Wildman–Crippen MR) is 53.0 cm³/mol. The van der Waals surface area contributed by atoms with Crippen LogP contribution in [-0.2, 0) is 18.9 Å². The van der Waals surface area contributed by atoms with E-state index in [0.29, 0.717) is 6.42 Å². The molecule has 1 heterocycles. The SMILES string of the molecule is C=CCOC(=O)OC1(CC)COC(=O)OC1. The fourth-order valence-electron chi connectivity index (χ4n) is 1.13. The molecule has 16 heavy (non-hydrogen) atoms. The summed E-state index contributed by atoms with van der Waals surface area (Å²) in [5.41, 5.74) is -0.952. The van der Waals surface area contributed by atoms with Crippen LogP contribution in [-0.4, -0.2) is 37.7 Å². The first kappa shape index (κ1) is 12.4. The smallest absolute Gasteiger partial charge is 0.430 e. The van der Waals surface area contributed by atoms with E-state index in [1.165, 1.54) is 6.08 Å². The average Bonchev–Trinajstić information content (AvgIpc) is 2.30. The van der Waals surface area contributed by atoms with Crippen molar-refractivity contribution in [3.63, 3.8) is 0 Å². The zero-order valence-corrected chi connectivity index (χ0v) is 9.06. The summed E-state index contributed by atoms with van der Waals surface area (Å²) < 4.78 is 19.1. The van der Waals surface area contributed by atoms with Crippen molar-refractivity contribution < 1.29 is 28.5 Å². The van der Waals surface area contributed by atoms with Gasteiger partial charge in [-0.2, -0.15) is 0 Å². The largest absolute Gasteiger partial charge is 0.509 e. The fraction of sp³-hybridized carbons (Fsp3) is 0.600. The monoisotopic (exact) mass is 230 g/mol. The lowest BCUT2D eigenvalue weighted by atomic mass is 10.0. The molecule has 0 radical (unpaired) electrons. The molecule has 0 atom stereocenters. The van der Waals surface area contributed by atoms with Gasteiger partial charge in [0.25, 0.3) is 0 Å². The molecule has 0 spiro atoms. The van der Waals surface area contributed by atoms with Gasteiger partial charge >= 0.3 is 12.3 Å². The predicted octanol–water partition coefficient (Wildman–Crippen LogP) is 1.64. The summed E-state index contributed by atoms with van der Waals surface area (Å²) in [7, 11) is 0. The number of cyclic esters (lactones) is 2. The molecule has 0 saturated carbocycles. The van der Waals surface area contributed by atoms with Crippen molar-refractivity contribution in [2.24, 2.45) is 0 Å². The summed E-state index contributed by atoms with van der Waals surface area (Å²) >= 11 is 0. The van der Waals surface area contributed by atoms with Gasteiger partial charge in [0.1, 0.15) is 19.8 Å². The van der Waals surface area contributed by atoms with Crippen molar-refractivity contribution in [1.29, 1.82) is 0 Å². The van der Waals surface area contributed by atoms with Gasteiger partial charge in [-0.15, -0.1) is 0 Å². The van der Waals surface area contributed by atoms with Crippen LogP contribution in [0.3, 0.4) is 0 Å². The Labute approximate surface area is 93.1 Å². The maximum Gasteiger partial charge on any atom is 0.509 e. The van der Waals surface area contributed by atoms with E-state index in [0.717, 1.165) is 0 Å². The minimum absolute atomic E-state index is 0.0223. The number of rotatable bonds is 4. The van der Waals surface area contributed by atoms with E-state index in [4.69, 9.17) is 4.74 Å². The summed E-state index contributed by atoms with van der Waals surface area (Å²) in [4.78, 5) is 21.9. The van der Waals surface area contributed by atoms with Crippen LogP contribution in [0.4, 0.5) is 9.59 Å². The second-order valence-corrected chi connectivity index (χ2v) is 3.32. The van der Waals surface area contributed by atoms with Gasteiger partial charge in [-0.05, 0) is 6.42 Å². The standard InChI is InChI=1S/C10H14O6/c1-3-5-13-9(12)16-10(4-2)6-14-8(11)15-7-10/h3H,1,4-7H2,2H3. The summed E-state index contributed by atoms with van der Waals surface area (Å²) in [6.45, 7) is 5.22. The molecule has 1 aliphatic rings. The van der Waals surface area contributed by atoms with Crippen LogP contribution in [0.15, 0.2) is 12.7 Å². The Morgan fingerprint density at radius 2 is 2.19 bits per heavy atom. The Hall–Kier alpha value is -1.72. The van der Waals surface area contributed by atoms with Crippen molar-refractivity contribution in [2.45, 2.75) is 18.9 Å². The molecule has 1 fully saturated rings. The molecule has 0 aromatic heterocycles. The Kier molecular flexibility index (Phi) is 4.16. The maximum atomic E-state index is 11.2. The van der Waals surface area contributed by atoms with E-state index in [2.05, 4.69) is 20.8 Å².